The number of nitrogens with zero attached hydrogens (tertiary/aromatic N) is 2. The van der Waals surface area contributed by atoms with Crippen molar-refractivity contribution in [1.82, 2.24) is 4.98 Å². The molecule has 0 aliphatic rings. The average molecular weight is 202 g/mol. The summed E-state index contributed by atoms with van der Waals surface area (Å²) < 4.78 is 16.1. The molecule has 0 bridgehead atoms. The minimum Gasteiger partial charge on any atom is -0.471 e. The quantitative estimate of drug-likeness (QED) is 0.308. The third-order valence-corrected chi connectivity index (χ3v) is 1.03. The number of hydrogen-bond donors (Lipinski definition) is 0. The molecule has 1 heterocycles. The summed E-state index contributed by atoms with van der Waals surface area (Å²) in [6, 6.07) is 2.36. The summed E-state index contributed by atoms with van der Waals surface area (Å²) in [5.41, 5.74) is -0.595. The van der Waals surface area contributed by atoms with Crippen LogP contribution in [-0.4, -0.2) is 23.5 Å². The number of pyridine rings is 1. The Morgan fingerprint density at radius 2 is 2.29 bits per heavy atom. The van der Waals surface area contributed by atoms with Crippen LogP contribution < -0.4 is 0 Å². The molecule has 0 unspecified atom stereocenters. The minimum atomic E-state index is -1.05. The van der Waals surface area contributed by atoms with E-state index in [-0.39, 0.29) is 0 Å². The Kier molecular flexibility index (Phi) is 5.52. The summed E-state index contributed by atoms with van der Waals surface area (Å²) in [5, 5.41) is 9.95. The third-order valence-electron chi connectivity index (χ3n) is 1.03. The van der Waals surface area contributed by atoms with Gasteiger partial charge in [-0.3, -0.25) is 14.9 Å². The second kappa shape index (κ2) is 6.46. The molecule has 76 valence electrons. The van der Waals surface area contributed by atoms with E-state index in [1.807, 2.05) is 0 Å². The molecule has 14 heavy (non-hydrogen) atoms. The van der Waals surface area contributed by atoms with Crippen LogP contribution in [0.15, 0.2) is 18.3 Å². The number of halogens is 1. The zero-order valence-electron chi connectivity index (χ0n) is 7.21. The summed E-state index contributed by atoms with van der Waals surface area (Å²) >= 11 is 0. The molecule has 0 aliphatic carbocycles. The molecule has 1 aromatic rings. The van der Waals surface area contributed by atoms with Crippen molar-refractivity contribution in [2.24, 2.45) is 0 Å². The van der Waals surface area contributed by atoms with Gasteiger partial charge in [-0.05, 0) is 6.07 Å². The summed E-state index contributed by atoms with van der Waals surface area (Å²) in [6.45, 7) is 0.375. The predicted octanol–water partition coefficient (Wildman–Crippen LogP) is 0.918. The highest BCUT2D eigenvalue weighted by Gasteiger charge is 2.11. The zero-order chi connectivity index (χ0) is 11.0. The van der Waals surface area contributed by atoms with Gasteiger partial charge >= 0.3 is 5.69 Å². The summed E-state index contributed by atoms with van der Waals surface area (Å²) in [6.07, 6.45) is 1.16. The maximum absolute atomic E-state index is 12.3. The van der Waals surface area contributed by atoms with Crippen molar-refractivity contribution in [3.8, 4) is 0 Å². The molecule has 0 radical (unpaired) electrons. The zero-order valence-corrected chi connectivity index (χ0v) is 7.21. The summed E-state index contributed by atoms with van der Waals surface area (Å²) in [4.78, 5) is 21.2. The lowest BCUT2D eigenvalue weighted by Crippen LogP contribution is -1.93. The van der Waals surface area contributed by atoms with E-state index in [4.69, 9.17) is 4.79 Å². The molecule has 0 spiro atoms. The Hall–Kier alpha value is -2.05. The molecule has 0 atom stereocenters. The Labute approximate surface area is 78.5 Å². The molecule has 7 heteroatoms. The summed E-state index contributed by atoms with van der Waals surface area (Å²) in [7, 11) is 1.31. The number of nitro groups is 1. The number of ether oxygens (including phenoxy) is 1. The Morgan fingerprint density at radius 1 is 1.71 bits per heavy atom. The molecule has 1 rings (SSSR count). The van der Waals surface area contributed by atoms with Crippen LogP contribution in [0.4, 0.5) is 10.1 Å². The van der Waals surface area contributed by atoms with E-state index >= 15 is 0 Å². The van der Waals surface area contributed by atoms with E-state index < -0.39 is 16.6 Å². The normalized spacial score (nSPS) is 8.14. The van der Waals surface area contributed by atoms with Gasteiger partial charge < -0.3 is 4.74 Å². The van der Waals surface area contributed by atoms with Crippen LogP contribution in [0.3, 0.4) is 0 Å². The summed E-state index contributed by atoms with van der Waals surface area (Å²) in [5.74, 6) is -1.05. The molecule has 0 aromatic carbocycles. The van der Waals surface area contributed by atoms with Gasteiger partial charge in [0.25, 0.3) is 12.4 Å². The van der Waals surface area contributed by atoms with Gasteiger partial charge in [0.15, 0.2) is 0 Å². The van der Waals surface area contributed by atoms with E-state index in [1.54, 1.807) is 0 Å². The Bertz CT molecular complexity index is 318. The van der Waals surface area contributed by atoms with Gasteiger partial charge in [0.05, 0.1) is 12.0 Å². The third kappa shape index (κ3) is 4.10. The van der Waals surface area contributed by atoms with E-state index in [0.717, 1.165) is 12.3 Å². The van der Waals surface area contributed by atoms with Gasteiger partial charge in [-0.1, -0.05) is 0 Å². The monoisotopic (exact) mass is 202 g/mol. The van der Waals surface area contributed by atoms with Crippen LogP contribution in [0.25, 0.3) is 0 Å². The van der Waals surface area contributed by atoms with Crippen LogP contribution in [0.2, 0.25) is 0 Å². The van der Waals surface area contributed by atoms with Gasteiger partial charge in [0.1, 0.15) is 0 Å². The topological polar surface area (TPSA) is 82.3 Å². The Morgan fingerprint density at radius 3 is 2.57 bits per heavy atom. The lowest BCUT2D eigenvalue weighted by Gasteiger charge is -1.88. The van der Waals surface area contributed by atoms with Crippen molar-refractivity contribution in [3.05, 3.63) is 34.4 Å². The van der Waals surface area contributed by atoms with Crippen molar-refractivity contribution in [2.45, 2.75) is 0 Å². The van der Waals surface area contributed by atoms with Gasteiger partial charge in [0.2, 0.25) is 0 Å². The second-order valence-corrected chi connectivity index (χ2v) is 1.90. The fourth-order valence-electron chi connectivity index (χ4n) is 0.514. The molecular formula is C7H7FN2O4. The van der Waals surface area contributed by atoms with Crippen molar-refractivity contribution in [2.75, 3.05) is 7.11 Å². The number of carbonyl (C=O) groups is 1. The highest BCUT2D eigenvalue weighted by Crippen LogP contribution is 2.11. The molecule has 0 saturated heterocycles. The fourth-order valence-corrected chi connectivity index (χ4v) is 0.514. The first-order valence-corrected chi connectivity index (χ1v) is 3.34. The van der Waals surface area contributed by atoms with E-state index in [9.17, 15) is 14.5 Å². The molecule has 0 aliphatic heterocycles. The first-order valence-electron chi connectivity index (χ1n) is 3.34. The van der Waals surface area contributed by atoms with Gasteiger partial charge in [0, 0.05) is 12.3 Å². The standard InChI is InChI=1S/C5H3FN2O2.C2H4O2/c6-5-4(8(9)10)2-1-3-7-5;1-4-2-3/h1-3H;2H,1H3. The van der Waals surface area contributed by atoms with Crippen molar-refractivity contribution in [1.29, 1.82) is 0 Å². The second-order valence-electron chi connectivity index (χ2n) is 1.90. The smallest absolute Gasteiger partial charge is 0.323 e. The van der Waals surface area contributed by atoms with Crippen LogP contribution in [-0.2, 0) is 9.53 Å². The average Bonchev–Trinajstić information content (AvgIpc) is 2.18. The van der Waals surface area contributed by atoms with Gasteiger partial charge in [-0.2, -0.15) is 4.39 Å². The minimum absolute atomic E-state index is 0.375. The lowest BCUT2D eigenvalue weighted by molar-refractivity contribution is -0.388. The van der Waals surface area contributed by atoms with Crippen LogP contribution in [0.5, 0.6) is 0 Å². The van der Waals surface area contributed by atoms with Crippen LogP contribution >= 0.6 is 0 Å². The first-order chi connectivity index (χ1) is 6.63. The van der Waals surface area contributed by atoms with Crippen molar-refractivity contribution >= 4 is 12.2 Å². The fraction of sp³-hybridized carbons (Fsp3) is 0.143. The number of methoxy groups -OCH3 is 1. The predicted molar refractivity (Wildman–Crippen MR) is 43.9 cm³/mol. The maximum Gasteiger partial charge on any atom is 0.323 e. The van der Waals surface area contributed by atoms with E-state index in [2.05, 4.69) is 9.72 Å². The van der Waals surface area contributed by atoms with Crippen molar-refractivity contribution in [3.63, 3.8) is 0 Å². The molecule has 1 aromatic heterocycles. The van der Waals surface area contributed by atoms with E-state index in [1.165, 1.54) is 13.2 Å². The number of aromatic nitrogens is 1. The molecule has 6 nitrogen and oxygen atoms in total. The molecule has 0 fully saturated rings. The van der Waals surface area contributed by atoms with Gasteiger partial charge in [-0.15, -0.1) is 0 Å². The van der Waals surface area contributed by atoms with Crippen LogP contribution in [0, 0.1) is 16.1 Å². The highest BCUT2D eigenvalue weighted by molar-refractivity contribution is 5.36. The number of rotatable bonds is 2. The molecule has 0 saturated carbocycles. The van der Waals surface area contributed by atoms with Crippen LogP contribution in [0.1, 0.15) is 0 Å². The van der Waals surface area contributed by atoms with E-state index in [0.29, 0.717) is 6.47 Å². The maximum atomic E-state index is 12.3. The van der Waals surface area contributed by atoms with Gasteiger partial charge in [-0.25, -0.2) is 4.98 Å². The Balaban J connectivity index is 0.000000364. The lowest BCUT2D eigenvalue weighted by atomic mass is 10.4. The SMILES string of the molecule is COC=O.O=[N+]([O-])c1cccnc1F. The molecule has 0 N–H and O–H groups in total. The number of hydrogen-bond acceptors (Lipinski definition) is 5. The first kappa shape index (κ1) is 12.0. The van der Waals surface area contributed by atoms with Crippen molar-refractivity contribution < 1.29 is 18.8 Å². The molecular weight excluding hydrogens is 195 g/mol. The largest absolute Gasteiger partial charge is 0.471 e. The number of carbonyl (C=O) groups excluding carboxylic acids is 1. The highest BCUT2D eigenvalue weighted by atomic mass is 19.1. The molecule has 0 amide bonds.